The van der Waals surface area contributed by atoms with Gasteiger partial charge in [0.05, 0.1) is 16.9 Å². The van der Waals surface area contributed by atoms with Crippen molar-refractivity contribution in [2.75, 3.05) is 13.1 Å². The van der Waals surface area contributed by atoms with Crippen molar-refractivity contribution in [3.05, 3.63) is 66.0 Å². The average molecular weight is 463 g/mol. The standard InChI is InChI=1S/C23H27FN2O5S/c1-16(18-8-10-20(24)11-9-18)25-22(27)17(2)31-23(28)19-12-14-26(15-13-19)32(29,30)21-6-4-3-5-7-21/h3-11,16-17,19H,12-15H2,1-2H3,(H,25,27). The van der Waals surface area contributed by atoms with Crippen molar-refractivity contribution in [3.63, 3.8) is 0 Å². The monoisotopic (exact) mass is 462 g/mol. The number of benzene rings is 2. The van der Waals surface area contributed by atoms with E-state index in [1.165, 1.54) is 23.4 Å². The van der Waals surface area contributed by atoms with E-state index in [2.05, 4.69) is 5.32 Å². The molecule has 1 amide bonds. The normalized spacial score (nSPS) is 17.3. The van der Waals surface area contributed by atoms with E-state index in [0.717, 1.165) is 5.56 Å². The highest BCUT2D eigenvalue weighted by Crippen LogP contribution is 2.25. The Morgan fingerprint density at radius 2 is 1.62 bits per heavy atom. The molecule has 2 atom stereocenters. The highest BCUT2D eigenvalue weighted by molar-refractivity contribution is 7.89. The summed E-state index contributed by atoms with van der Waals surface area (Å²) in [4.78, 5) is 25.1. The van der Waals surface area contributed by atoms with Gasteiger partial charge in [-0.15, -0.1) is 0 Å². The maximum Gasteiger partial charge on any atom is 0.309 e. The molecular formula is C23H27FN2O5S. The third-order valence-corrected chi connectivity index (χ3v) is 7.47. The lowest BCUT2D eigenvalue weighted by Gasteiger charge is -2.30. The Kier molecular flexibility index (Phi) is 7.63. The van der Waals surface area contributed by atoms with Crippen LogP contribution in [0.1, 0.15) is 38.3 Å². The van der Waals surface area contributed by atoms with Crippen LogP contribution in [0.5, 0.6) is 0 Å². The summed E-state index contributed by atoms with van der Waals surface area (Å²) in [6.45, 7) is 3.65. The van der Waals surface area contributed by atoms with E-state index >= 15 is 0 Å². The van der Waals surface area contributed by atoms with Crippen molar-refractivity contribution in [2.24, 2.45) is 5.92 Å². The first kappa shape index (κ1) is 23.9. The summed E-state index contributed by atoms with van der Waals surface area (Å²) in [5.74, 6) is -1.81. The number of piperidine rings is 1. The third kappa shape index (κ3) is 5.72. The average Bonchev–Trinajstić information content (AvgIpc) is 2.80. The summed E-state index contributed by atoms with van der Waals surface area (Å²) in [5.41, 5.74) is 0.727. The summed E-state index contributed by atoms with van der Waals surface area (Å²) < 4.78 is 45.2. The van der Waals surface area contributed by atoms with E-state index in [1.807, 2.05) is 0 Å². The molecule has 32 heavy (non-hydrogen) atoms. The number of carbonyl (C=O) groups is 2. The van der Waals surface area contributed by atoms with Gasteiger partial charge in [0.15, 0.2) is 6.10 Å². The van der Waals surface area contributed by atoms with Crippen molar-refractivity contribution in [3.8, 4) is 0 Å². The van der Waals surface area contributed by atoms with Crippen LogP contribution in [0.25, 0.3) is 0 Å². The van der Waals surface area contributed by atoms with Gasteiger partial charge in [-0.2, -0.15) is 4.31 Å². The smallest absolute Gasteiger partial charge is 0.309 e. The predicted molar refractivity (Wildman–Crippen MR) is 116 cm³/mol. The second kappa shape index (κ2) is 10.2. The fourth-order valence-electron chi connectivity index (χ4n) is 3.56. The fraction of sp³-hybridized carbons (Fsp3) is 0.391. The largest absolute Gasteiger partial charge is 0.452 e. The zero-order valence-corrected chi connectivity index (χ0v) is 18.8. The van der Waals surface area contributed by atoms with Gasteiger partial charge in [-0.1, -0.05) is 30.3 Å². The molecule has 1 aliphatic heterocycles. The van der Waals surface area contributed by atoms with Crippen LogP contribution in [-0.4, -0.2) is 43.8 Å². The lowest BCUT2D eigenvalue weighted by Crippen LogP contribution is -2.42. The number of nitrogens with zero attached hydrogens (tertiary/aromatic N) is 1. The number of rotatable bonds is 7. The summed E-state index contributed by atoms with van der Waals surface area (Å²) >= 11 is 0. The molecule has 3 rings (SSSR count). The molecule has 0 aliphatic carbocycles. The summed E-state index contributed by atoms with van der Waals surface area (Å²) in [6, 6.07) is 13.6. The molecule has 1 fully saturated rings. The molecule has 9 heteroatoms. The van der Waals surface area contributed by atoms with Crippen molar-refractivity contribution >= 4 is 21.9 Å². The first-order valence-electron chi connectivity index (χ1n) is 10.5. The fourth-order valence-corrected chi connectivity index (χ4v) is 5.05. The van der Waals surface area contributed by atoms with Crippen LogP contribution in [-0.2, 0) is 24.3 Å². The minimum Gasteiger partial charge on any atom is -0.452 e. The van der Waals surface area contributed by atoms with Crippen molar-refractivity contribution in [1.82, 2.24) is 9.62 Å². The van der Waals surface area contributed by atoms with Crippen molar-refractivity contribution < 1.29 is 27.1 Å². The van der Waals surface area contributed by atoms with Crippen molar-refractivity contribution in [1.29, 1.82) is 0 Å². The van der Waals surface area contributed by atoms with E-state index in [4.69, 9.17) is 4.74 Å². The highest BCUT2D eigenvalue weighted by atomic mass is 32.2. The second-order valence-electron chi connectivity index (χ2n) is 7.85. The Balaban J connectivity index is 1.50. The highest BCUT2D eigenvalue weighted by Gasteiger charge is 2.34. The molecule has 7 nitrogen and oxygen atoms in total. The van der Waals surface area contributed by atoms with Gasteiger partial charge in [-0.3, -0.25) is 9.59 Å². The Labute approximate surface area is 187 Å². The number of hydrogen-bond donors (Lipinski definition) is 1. The zero-order valence-electron chi connectivity index (χ0n) is 18.0. The van der Waals surface area contributed by atoms with Gasteiger partial charge < -0.3 is 10.1 Å². The minimum atomic E-state index is -3.60. The summed E-state index contributed by atoms with van der Waals surface area (Å²) in [6.07, 6.45) is -0.354. The molecule has 2 unspecified atom stereocenters. The first-order valence-corrected chi connectivity index (χ1v) is 11.9. The molecule has 172 valence electrons. The molecule has 0 aromatic heterocycles. The first-order chi connectivity index (χ1) is 15.2. The second-order valence-corrected chi connectivity index (χ2v) is 9.79. The Bertz CT molecular complexity index is 1040. The Hall–Kier alpha value is -2.78. The molecular weight excluding hydrogens is 435 g/mol. The molecule has 1 saturated heterocycles. The molecule has 0 saturated carbocycles. The lowest BCUT2D eigenvalue weighted by atomic mass is 9.98. The van der Waals surface area contributed by atoms with Gasteiger partial charge >= 0.3 is 5.97 Å². The van der Waals surface area contributed by atoms with Crippen LogP contribution in [0.4, 0.5) is 4.39 Å². The maximum atomic E-state index is 13.1. The number of sulfonamides is 1. The molecule has 0 spiro atoms. The molecule has 1 N–H and O–H groups in total. The SMILES string of the molecule is CC(OC(=O)C1CCN(S(=O)(=O)c2ccccc2)CC1)C(=O)NC(C)c1ccc(F)cc1. The van der Waals surface area contributed by atoms with Gasteiger partial charge in [0.1, 0.15) is 5.82 Å². The lowest BCUT2D eigenvalue weighted by molar-refractivity contribution is -0.160. The number of hydrogen-bond acceptors (Lipinski definition) is 5. The van der Waals surface area contributed by atoms with E-state index in [1.54, 1.807) is 49.4 Å². The van der Waals surface area contributed by atoms with Crippen LogP contribution >= 0.6 is 0 Å². The van der Waals surface area contributed by atoms with Crippen LogP contribution in [0.3, 0.4) is 0 Å². The Morgan fingerprint density at radius 3 is 2.22 bits per heavy atom. The number of halogens is 1. The quantitative estimate of drug-likeness (QED) is 0.639. The van der Waals surface area contributed by atoms with Gasteiger partial charge in [-0.05, 0) is 56.5 Å². The van der Waals surface area contributed by atoms with E-state index < -0.39 is 33.9 Å². The number of esters is 1. The van der Waals surface area contributed by atoms with Crippen molar-refractivity contribution in [2.45, 2.75) is 43.7 Å². The number of nitrogens with one attached hydrogen (secondary N) is 1. The van der Waals surface area contributed by atoms with Crippen LogP contribution in [0, 0.1) is 11.7 Å². The number of amides is 1. The predicted octanol–water partition coefficient (Wildman–Crippen LogP) is 3.04. The van der Waals surface area contributed by atoms with E-state index in [9.17, 15) is 22.4 Å². The third-order valence-electron chi connectivity index (χ3n) is 5.56. The molecule has 2 aromatic carbocycles. The molecule has 0 radical (unpaired) electrons. The number of ether oxygens (including phenoxy) is 1. The maximum absolute atomic E-state index is 13.1. The topological polar surface area (TPSA) is 92.8 Å². The Morgan fingerprint density at radius 1 is 1.03 bits per heavy atom. The minimum absolute atomic E-state index is 0.208. The van der Waals surface area contributed by atoms with Crippen LogP contribution in [0.2, 0.25) is 0 Å². The van der Waals surface area contributed by atoms with Gasteiger partial charge in [-0.25, -0.2) is 12.8 Å². The van der Waals surface area contributed by atoms with Gasteiger partial charge in [0.25, 0.3) is 5.91 Å². The molecule has 1 heterocycles. The zero-order chi connectivity index (χ0) is 23.3. The van der Waals surface area contributed by atoms with Gasteiger partial charge in [0, 0.05) is 13.1 Å². The summed E-state index contributed by atoms with van der Waals surface area (Å²) in [5, 5.41) is 2.74. The van der Waals surface area contributed by atoms with Crippen LogP contribution < -0.4 is 5.32 Å². The molecule has 1 aliphatic rings. The van der Waals surface area contributed by atoms with E-state index in [-0.39, 0.29) is 29.8 Å². The summed E-state index contributed by atoms with van der Waals surface area (Å²) in [7, 11) is -3.60. The van der Waals surface area contributed by atoms with Gasteiger partial charge in [0.2, 0.25) is 10.0 Å². The van der Waals surface area contributed by atoms with Crippen LogP contribution in [0.15, 0.2) is 59.5 Å². The number of carbonyl (C=O) groups excluding carboxylic acids is 2. The molecule has 0 bridgehead atoms. The van der Waals surface area contributed by atoms with E-state index in [0.29, 0.717) is 12.8 Å². The molecule has 2 aromatic rings.